The van der Waals surface area contributed by atoms with E-state index in [0.29, 0.717) is 17.4 Å². The fraction of sp³-hybridized carbons (Fsp3) is 0.0833. The van der Waals surface area contributed by atoms with Crippen LogP contribution in [0.25, 0.3) is 0 Å². The van der Waals surface area contributed by atoms with Crippen LogP contribution < -0.4 is 20.2 Å². The summed E-state index contributed by atoms with van der Waals surface area (Å²) in [6, 6.07) is 14.9. The summed E-state index contributed by atoms with van der Waals surface area (Å²) >= 11 is 5.79. The van der Waals surface area contributed by atoms with Crippen LogP contribution >= 0.6 is 11.6 Å². The van der Waals surface area contributed by atoms with Crippen molar-refractivity contribution < 1.29 is 37.0 Å². The van der Waals surface area contributed by atoms with E-state index in [1.807, 2.05) is 10.7 Å². The Morgan fingerprint density at radius 2 is 1.67 bits per heavy atom. The number of methoxy groups -OCH3 is 1. The Kier molecular flexibility index (Phi) is 8.28. The van der Waals surface area contributed by atoms with E-state index in [0.717, 1.165) is 12.1 Å². The molecule has 3 aromatic carbocycles. The largest absolute Gasteiger partial charge is 0.496 e. The van der Waals surface area contributed by atoms with E-state index < -0.39 is 29.5 Å². The number of para-hydroxylation sites is 1. The second-order valence-electron chi connectivity index (χ2n) is 7.00. The van der Waals surface area contributed by atoms with Crippen molar-refractivity contribution in [1.82, 2.24) is 5.43 Å². The van der Waals surface area contributed by atoms with E-state index in [4.69, 9.17) is 21.1 Å². The lowest BCUT2D eigenvalue weighted by Crippen LogP contribution is -2.32. The molecule has 0 aliphatic heterocycles. The van der Waals surface area contributed by atoms with Crippen LogP contribution in [0.5, 0.6) is 11.5 Å². The van der Waals surface area contributed by atoms with Crippen molar-refractivity contribution in [2.75, 3.05) is 12.4 Å². The van der Waals surface area contributed by atoms with Gasteiger partial charge in [0.2, 0.25) is 0 Å². The summed E-state index contributed by atoms with van der Waals surface area (Å²) in [6.45, 7) is 0. The van der Waals surface area contributed by atoms with E-state index in [9.17, 15) is 27.6 Å². The highest BCUT2D eigenvalue weighted by atomic mass is 35.5. The molecule has 0 radical (unpaired) electrons. The van der Waals surface area contributed by atoms with E-state index in [-0.39, 0.29) is 22.0 Å². The Morgan fingerprint density at radius 1 is 0.972 bits per heavy atom. The van der Waals surface area contributed by atoms with Gasteiger partial charge in [-0.05, 0) is 60.2 Å². The Hall–Kier alpha value is -4.38. The molecule has 0 unspecified atom stereocenters. The van der Waals surface area contributed by atoms with E-state index >= 15 is 0 Å². The minimum Gasteiger partial charge on any atom is -0.496 e. The topological polar surface area (TPSA) is 106 Å². The van der Waals surface area contributed by atoms with Crippen molar-refractivity contribution in [3.63, 3.8) is 0 Å². The number of benzene rings is 3. The summed E-state index contributed by atoms with van der Waals surface area (Å²) in [6.07, 6.45) is -3.45. The number of hydrazone groups is 1. The minimum atomic E-state index is -4.65. The van der Waals surface area contributed by atoms with Crippen LogP contribution in [-0.2, 0) is 15.8 Å². The summed E-state index contributed by atoms with van der Waals surface area (Å²) in [7, 11) is 1.43. The number of rotatable bonds is 6. The number of carbonyl (C=O) groups excluding carboxylic acids is 3. The normalized spacial score (nSPS) is 11.1. The maximum atomic E-state index is 12.8. The van der Waals surface area contributed by atoms with Crippen molar-refractivity contribution in [1.29, 1.82) is 0 Å². The zero-order chi connectivity index (χ0) is 26.3. The number of nitrogens with one attached hydrogen (secondary N) is 2. The number of hydrogen-bond donors (Lipinski definition) is 2. The smallest absolute Gasteiger partial charge is 0.416 e. The zero-order valence-electron chi connectivity index (χ0n) is 18.4. The number of alkyl halides is 3. The minimum absolute atomic E-state index is 0.181. The summed E-state index contributed by atoms with van der Waals surface area (Å²) in [5, 5.41) is 5.44. The monoisotopic (exact) mass is 519 g/mol. The molecule has 3 rings (SSSR count). The standard InChI is InChI=1S/C24H17ClF3N3O5/c1-35-20-5-3-2-4-17(20)23(34)36-16-9-6-14(7-10-16)13-29-31-22(33)21(32)30-19-12-15(24(26,27)28)8-11-18(19)25/h2-13H,1H3,(H,30,32)(H,31,33)/b29-13+. The molecule has 2 amide bonds. The van der Waals surface area contributed by atoms with Crippen LogP contribution in [0.15, 0.2) is 71.8 Å². The lowest BCUT2D eigenvalue weighted by Gasteiger charge is -2.11. The van der Waals surface area contributed by atoms with Gasteiger partial charge in [0.05, 0.1) is 29.6 Å². The highest BCUT2D eigenvalue weighted by Gasteiger charge is 2.31. The quantitative estimate of drug-likeness (QED) is 0.162. The molecular weight excluding hydrogens is 503 g/mol. The molecule has 0 fully saturated rings. The first-order chi connectivity index (χ1) is 17.1. The number of esters is 1. The van der Waals surface area contributed by atoms with E-state index in [2.05, 4.69) is 5.10 Å². The molecule has 0 spiro atoms. The number of ether oxygens (including phenoxy) is 2. The van der Waals surface area contributed by atoms with Crippen LogP contribution in [-0.4, -0.2) is 31.1 Å². The van der Waals surface area contributed by atoms with Gasteiger partial charge in [-0.2, -0.15) is 18.3 Å². The Morgan fingerprint density at radius 3 is 2.33 bits per heavy atom. The molecular formula is C24H17ClF3N3O5. The van der Waals surface area contributed by atoms with Crippen LogP contribution in [0, 0.1) is 0 Å². The molecule has 12 heteroatoms. The molecule has 2 N–H and O–H groups in total. The Balaban J connectivity index is 1.56. The highest BCUT2D eigenvalue weighted by molar-refractivity contribution is 6.41. The molecule has 0 aromatic heterocycles. The molecule has 186 valence electrons. The number of carbonyl (C=O) groups is 3. The fourth-order valence-electron chi connectivity index (χ4n) is 2.79. The number of amides is 2. The van der Waals surface area contributed by atoms with Gasteiger partial charge < -0.3 is 14.8 Å². The van der Waals surface area contributed by atoms with Gasteiger partial charge in [0.1, 0.15) is 17.1 Å². The molecule has 0 bridgehead atoms. The van der Waals surface area contributed by atoms with Crippen molar-refractivity contribution >= 4 is 41.3 Å². The van der Waals surface area contributed by atoms with Gasteiger partial charge in [0.25, 0.3) is 0 Å². The zero-order valence-corrected chi connectivity index (χ0v) is 19.2. The Labute approximate surface area is 207 Å². The molecule has 0 saturated carbocycles. The molecule has 8 nitrogen and oxygen atoms in total. The molecule has 0 heterocycles. The molecule has 0 aliphatic carbocycles. The average molecular weight is 520 g/mol. The summed E-state index contributed by atoms with van der Waals surface area (Å²) in [5.74, 6) is -2.52. The SMILES string of the molecule is COc1ccccc1C(=O)Oc1ccc(/C=N/NC(=O)C(=O)Nc2cc(C(F)(F)F)ccc2Cl)cc1. The van der Waals surface area contributed by atoms with Crippen LogP contribution in [0.4, 0.5) is 18.9 Å². The lowest BCUT2D eigenvalue weighted by molar-refractivity contribution is -0.137. The third-order valence-electron chi connectivity index (χ3n) is 4.55. The second kappa shape index (κ2) is 11.4. The predicted octanol–water partition coefficient (Wildman–Crippen LogP) is 4.68. The van der Waals surface area contributed by atoms with Crippen LogP contribution in [0.3, 0.4) is 0 Å². The number of halogens is 4. The van der Waals surface area contributed by atoms with E-state index in [1.54, 1.807) is 24.3 Å². The molecule has 0 saturated heterocycles. The van der Waals surface area contributed by atoms with Gasteiger partial charge in [0, 0.05) is 0 Å². The van der Waals surface area contributed by atoms with Crippen molar-refractivity contribution in [3.05, 3.63) is 88.4 Å². The third kappa shape index (κ3) is 6.83. The number of nitrogens with zero attached hydrogens (tertiary/aromatic N) is 1. The number of hydrogen-bond acceptors (Lipinski definition) is 6. The first-order valence-corrected chi connectivity index (χ1v) is 10.4. The van der Waals surface area contributed by atoms with Gasteiger partial charge >= 0.3 is 24.0 Å². The molecule has 0 atom stereocenters. The first kappa shape index (κ1) is 26.2. The summed E-state index contributed by atoms with van der Waals surface area (Å²) in [4.78, 5) is 36.2. The van der Waals surface area contributed by atoms with Gasteiger partial charge in [-0.3, -0.25) is 9.59 Å². The molecule has 0 aliphatic rings. The van der Waals surface area contributed by atoms with Crippen molar-refractivity contribution in [3.8, 4) is 11.5 Å². The van der Waals surface area contributed by atoms with Gasteiger partial charge in [0.15, 0.2) is 0 Å². The fourth-order valence-corrected chi connectivity index (χ4v) is 2.95. The molecule has 3 aromatic rings. The maximum Gasteiger partial charge on any atom is 0.416 e. The van der Waals surface area contributed by atoms with Crippen LogP contribution in [0.2, 0.25) is 5.02 Å². The predicted molar refractivity (Wildman–Crippen MR) is 125 cm³/mol. The lowest BCUT2D eigenvalue weighted by atomic mass is 10.2. The second-order valence-corrected chi connectivity index (χ2v) is 7.41. The van der Waals surface area contributed by atoms with Crippen molar-refractivity contribution in [2.24, 2.45) is 5.10 Å². The third-order valence-corrected chi connectivity index (χ3v) is 4.87. The maximum absolute atomic E-state index is 12.8. The number of anilines is 1. The van der Waals surface area contributed by atoms with Gasteiger partial charge in [-0.25, -0.2) is 10.2 Å². The average Bonchev–Trinajstić information content (AvgIpc) is 2.85. The first-order valence-electron chi connectivity index (χ1n) is 10.0. The van der Waals surface area contributed by atoms with Crippen molar-refractivity contribution in [2.45, 2.75) is 6.18 Å². The summed E-state index contributed by atoms with van der Waals surface area (Å²) < 4.78 is 48.9. The van der Waals surface area contributed by atoms with Crippen LogP contribution in [0.1, 0.15) is 21.5 Å². The van der Waals surface area contributed by atoms with Gasteiger partial charge in [-0.1, -0.05) is 23.7 Å². The summed E-state index contributed by atoms with van der Waals surface area (Å²) in [5.41, 5.74) is 1.25. The van der Waals surface area contributed by atoms with E-state index in [1.165, 1.54) is 37.6 Å². The molecule has 36 heavy (non-hydrogen) atoms. The Bertz CT molecular complexity index is 1310. The highest BCUT2D eigenvalue weighted by Crippen LogP contribution is 2.33. The van der Waals surface area contributed by atoms with Gasteiger partial charge in [-0.15, -0.1) is 0 Å².